The molecule has 2 aliphatic heterocycles. The molecule has 10 heteroatoms. The molecule has 4 rings (SSSR count). The van der Waals surface area contributed by atoms with Crippen LogP contribution in [0, 0.1) is 23.7 Å². The molecule has 3 N–H and O–H groups in total. The normalized spacial score (nSPS) is 36.6. The van der Waals surface area contributed by atoms with Crippen LogP contribution >= 0.6 is 0 Å². The van der Waals surface area contributed by atoms with Crippen LogP contribution in [0.4, 0.5) is 0 Å². The molecule has 1 aromatic heterocycles. The number of hydrogen-bond donors (Lipinski definition) is 3. The van der Waals surface area contributed by atoms with E-state index in [1.807, 2.05) is 26.8 Å². The molecule has 1 aromatic rings. The summed E-state index contributed by atoms with van der Waals surface area (Å²) in [5.74, 6) is -2.09. The molecule has 0 amide bonds. The molecule has 0 aromatic carbocycles. The summed E-state index contributed by atoms with van der Waals surface area (Å²) in [4.78, 5) is 29.0. The predicted octanol–water partition coefficient (Wildman–Crippen LogP) is 3.65. The third-order valence-electron chi connectivity index (χ3n) is 8.65. The maximum absolute atomic E-state index is 13.1. The Hall–Kier alpha value is -2.95. The number of carbonyl (C=O) groups is 2. The van der Waals surface area contributed by atoms with Gasteiger partial charge in [0.1, 0.15) is 24.0 Å². The summed E-state index contributed by atoms with van der Waals surface area (Å²) in [5.41, 5.74) is 0.747. The van der Waals surface area contributed by atoms with Gasteiger partial charge in [-0.15, -0.1) is 0 Å². The fourth-order valence-electron chi connectivity index (χ4n) is 6.18. The van der Waals surface area contributed by atoms with Crippen molar-refractivity contribution in [3.8, 4) is 0 Å². The average Bonchev–Trinajstić information content (AvgIpc) is 3.56. The van der Waals surface area contributed by atoms with Crippen molar-refractivity contribution < 1.29 is 38.9 Å². The summed E-state index contributed by atoms with van der Waals surface area (Å²) in [5, 5.41) is 23.3. The summed E-state index contributed by atoms with van der Waals surface area (Å²) in [6.07, 6.45) is 5.06. The highest BCUT2D eigenvalue weighted by Crippen LogP contribution is 2.53. The van der Waals surface area contributed by atoms with Crippen LogP contribution in [0.3, 0.4) is 0 Å². The minimum absolute atomic E-state index is 0.0880. The van der Waals surface area contributed by atoms with E-state index in [9.17, 15) is 19.9 Å². The Labute approximate surface area is 229 Å². The molecule has 1 spiro atoms. The lowest BCUT2D eigenvalue weighted by molar-refractivity contribution is -0.163. The van der Waals surface area contributed by atoms with E-state index in [-0.39, 0.29) is 23.5 Å². The van der Waals surface area contributed by atoms with Gasteiger partial charge in [-0.05, 0) is 51.3 Å². The van der Waals surface area contributed by atoms with Crippen LogP contribution in [0.2, 0.25) is 0 Å². The minimum atomic E-state index is -0.860. The molecule has 0 saturated carbocycles. The number of cyclic esters (lactones) is 1. The van der Waals surface area contributed by atoms with Crippen LogP contribution in [0.5, 0.6) is 0 Å². The van der Waals surface area contributed by atoms with Crippen LogP contribution in [-0.2, 0) is 23.7 Å². The number of H-pyrrole nitrogens is 1. The molecule has 39 heavy (non-hydrogen) atoms. The lowest BCUT2D eigenvalue weighted by Gasteiger charge is -2.41. The number of ether oxygens (including phenoxy) is 4. The minimum Gasteiger partial charge on any atom is -0.455 e. The van der Waals surface area contributed by atoms with Crippen LogP contribution < -0.4 is 0 Å². The Morgan fingerprint density at radius 2 is 2.05 bits per heavy atom. The Balaban J connectivity index is 1.74. The second-order valence-electron chi connectivity index (χ2n) is 11.2. The Kier molecular flexibility index (Phi) is 8.68. The number of hydrogen-bond acceptors (Lipinski definition) is 9. The molecule has 3 aliphatic rings. The molecule has 1 aliphatic carbocycles. The zero-order valence-electron chi connectivity index (χ0n) is 23.4. The van der Waals surface area contributed by atoms with Crippen molar-refractivity contribution >= 4 is 17.7 Å². The van der Waals surface area contributed by atoms with Crippen LogP contribution in [-0.4, -0.2) is 76.2 Å². The highest BCUT2D eigenvalue weighted by Gasteiger charge is 2.57. The molecular formula is C29H40N2O8. The van der Waals surface area contributed by atoms with Crippen molar-refractivity contribution in [3.63, 3.8) is 0 Å². The summed E-state index contributed by atoms with van der Waals surface area (Å²) in [7, 11) is 1.46. The number of rotatable bonds is 7. The quantitative estimate of drug-likeness (QED) is 0.155. The molecule has 214 valence electrons. The molecule has 1 saturated heterocycles. The maximum Gasteiger partial charge on any atom is 0.355 e. The van der Waals surface area contributed by atoms with E-state index >= 15 is 0 Å². The first-order chi connectivity index (χ1) is 18.5. The number of aliphatic hydroxyl groups is 1. The molecule has 1 fully saturated rings. The first-order valence-corrected chi connectivity index (χ1v) is 13.5. The molecule has 0 radical (unpaired) electrons. The highest BCUT2D eigenvalue weighted by molar-refractivity contribution is 5.89. The number of aromatic amines is 1. The topological polar surface area (TPSA) is 140 Å². The summed E-state index contributed by atoms with van der Waals surface area (Å²) in [6, 6.07) is 3.36. The number of methoxy groups -OCH3 is 1. The van der Waals surface area contributed by atoms with E-state index in [4.69, 9.17) is 18.9 Å². The number of esters is 2. The van der Waals surface area contributed by atoms with Gasteiger partial charge >= 0.3 is 11.9 Å². The molecule has 1 unspecified atom stereocenters. The smallest absolute Gasteiger partial charge is 0.355 e. The van der Waals surface area contributed by atoms with Gasteiger partial charge in [0.25, 0.3) is 0 Å². The van der Waals surface area contributed by atoms with Crippen molar-refractivity contribution in [1.29, 1.82) is 0 Å². The first-order valence-electron chi connectivity index (χ1n) is 13.5. The zero-order valence-corrected chi connectivity index (χ0v) is 23.4. The third-order valence-corrected chi connectivity index (χ3v) is 8.65. The zero-order chi connectivity index (χ0) is 28.5. The Morgan fingerprint density at radius 3 is 2.67 bits per heavy atom. The van der Waals surface area contributed by atoms with E-state index in [0.29, 0.717) is 18.5 Å². The van der Waals surface area contributed by atoms with E-state index in [0.717, 1.165) is 5.57 Å². The summed E-state index contributed by atoms with van der Waals surface area (Å²) >= 11 is 0. The number of carbonyl (C=O) groups excluding carboxylic acids is 2. The van der Waals surface area contributed by atoms with E-state index < -0.39 is 54.0 Å². The van der Waals surface area contributed by atoms with Crippen LogP contribution in [0.25, 0.3) is 0 Å². The summed E-state index contributed by atoms with van der Waals surface area (Å²) in [6.45, 7) is 9.01. The second-order valence-corrected chi connectivity index (χ2v) is 11.2. The van der Waals surface area contributed by atoms with E-state index in [2.05, 4.69) is 22.3 Å². The van der Waals surface area contributed by atoms with Gasteiger partial charge in [0.05, 0.1) is 17.4 Å². The summed E-state index contributed by atoms with van der Waals surface area (Å²) < 4.78 is 24.3. The van der Waals surface area contributed by atoms with Gasteiger partial charge in [-0.1, -0.05) is 37.2 Å². The molecular weight excluding hydrogens is 504 g/mol. The van der Waals surface area contributed by atoms with Crippen molar-refractivity contribution in [3.05, 3.63) is 47.8 Å². The van der Waals surface area contributed by atoms with Gasteiger partial charge in [0.2, 0.25) is 0 Å². The number of aromatic nitrogens is 1. The van der Waals surface area contributed by atoms with Crippen LogP contribution in [0.1, 0.15) is 57.9 Å². The molecule has 2 bridgehead atoms. The lowest BCUT2D eigenvalue weighted by atomic mass is 9.69. The third kappa shape index (κ3) is 5.55. The highest BCUT2D eigenvalue weighted by atomic mass is 16.6. The monoisotopic (exact) mass is 544 g/mol. The molecule has 10 atom stereocenters. The number of nitrogens with one attached hydrogen (secondary N) is 1. The van der Waals surface area contributed by atoms with Gasteiger partial charge in [-0.25, -0.2) is 9.59 Å². The predicted molar refractivity (Wildman–Crippen MR) is 142 cm³/mol. The average molecular weight is 545 g/mol. The molecule has 3 heterocycles. The van der Waals surface area contributed by atoms with Gasteiger partial charge in [0.15, 0.2) is 6.10 Å². The maximum atomic E-state index is 13.1. The van der Waals surface area contributed by atoms with E-state index in [1.54, 1.807) is 32.2 Å². The second kappa shape index (κ2) is 11.7. The fraction of sp³-hybridized carbons (Fsp3) is 0.621. The van der Waals surface area contributed by atoms with Crippen LogP contribution in [0.15, 0.2) is 47.3 Å². The Bertz CT molecular complexity index is 1130. The van der Waals surface area contributed by atoms with Gasteiger partial charge in [-0.3, -0.25) is 0 Å². The van der Waals surface area contributed by atoms with Gasteiger partial charge in [-0.2, -0.15) is 0 Å². The number of oxime groups is 1. The van der Waals surface area contributed by atoms with E-state index in [1.165, 1.54) is 7.11 Å². The first kappa shape index (κ1) is 29.0. The van der Waals surface area contributed by atoms with Crippen molar-refractivity contribution in [1.82, 2.24) is 4.98 Å². The van der Waals surface area contributed by atoms with Crippen molar-refractivity contribution in [2.24, 2.45) is 28.8 Å². The number of fused-ring (bicyclic) bond motifs is 1. The fourth-order valence-corrected chi connectivity index (χ4v) is 6.18. The standard InChI is InChI=1S/C29H40N2O8/c1-15-12-16(2)29-14-20(9-10-21(29)13-23(36-6)28(34)37-24(15)18(4)31-35)26(39-29)25(17(3)19(5)32)38-27(33)22-8-7-11-30-22/h7-12,15,17,19-21,23-26,30,32,35H,13-14H2,1-6H3/b16-12+,31-18-/t15-,17-,19+,20-,21?,23+,24+,25-,26-,29+/m1/s1. The SMILES string of the molecule is CO[C@H]1CC2C=C[C@@H]3C[C@]2(O[C@H]3[C@H](OC(=O)c2ccc[nH]2)[C@H](C)[C@H](C)O)/C(C)=C/[C@@H](C)[C@@H](/C(C)=N\O)OC1=O. The van der Waals surface area contributed by atoms with Gasteiger partial charge < -0.3 is 34.2 Å². The largest absolute Gasteiger partial charge is 0.455 e. The van der Waals surface area contributed by atoms with Gasteiger partial charge in [0, 0.05) is 37.0 Å². The lowest BCUT2D eigenvalue weighted by Crippen LogP contribution is -2.47. The van der Waals surface area contributed by atoms with Crippen molar-refractivity contribution in [2.45, 2.75) is 83.6 Å². The number of nitrogens with zero attached hydrogens (tertiary/aromatic N) is 1. The van der Waals surface area contributed by atoms with Crippen molar-refractivity contribution in [2.75, 3.05) is 7.11 Å². The molecule has 10 nitrogen and oxygen atoms in total. The number of aliphatic hydroxyl groups excluding tert-OH is 1. The Morgan fingerprint density at radius 1 is 1.31 bits per heavy atom.